The van der Waals surface area contributed by atoms with Crippen LogP contribution in [0.15, 0.2) is 36.9 Å². The summed E-state index contributed by atoms with van der Waals surface area (Å²) in [6.45, 7) is 5.65. The van der Waals surface area contributed by atoms with Crippen molar-refractivity contribution in [1.82, 2.24) is 4.90 Å². The third-order valence-electron chi connectivity index (χ3n) is 3.47. The minimum atomic E-state index is -0.387. The zero-order valence-corrected chi connectivity index (χ0v) is 11.7. The van der Waals surface area contributed by atoms with Gasteiger partial charge in [-0.25, -0.2) is 0 Å². The number of likely N-dealkylation sites (tertiary alicyclic amines) is 1. The van der Waals surface area contributed by atoms with Crippen molar-refractivity contribution in [1.29, 1.82) is 0 Å². The minimum absolute atomic E-state index is 0.00359. The lowest BCUT2D eigenvalue weighted by Crippen LogP contribution is -2.42. The highest BCUT2D eigenvalue weighted by atomic mass is 16.3. The van der Waals surface area contributed by atoms with Crippen molar-refractivity contribution in [3.05, 3.63) is 42.5 Å². The first-order valence-corrected chi connectivity index (χ1v) is 7.13. The third-order valence-corrected chi connectivity index (χ3v) is 3.47. The molecular weight excluding hydrogens is 252 g/mol. The number of anilines is 1. The van der Waals surface area contributed by atoms with E-state index in [1.807, 2.05) is 30.3 Å². The second-order valence-electron chi connectivity index (χ2n) is 5.13. The number of hydrogen-bond donors (Lipinski definition) is 2. The Kier molecular flexibility index (Phi) is 5.18. The summed E-state index contributed by atoms with van der Waals surface area (Å²) in [5.74, 6) is -0.00359. The number of β-amino-alcohol motifs (C(OH)–C–C–N with tert-alkyl or cyclic N) is 1. The molecule has 0 saturated carbocycles. The quantitative estimate of drug-likeness (QED) is 0.640. The van der Waals surface area contributed by atoms with Crippen molar-refractivity contribution in [3.8, 4) is 0 Å². The Hall–Kier alpha value is -1.81. The van der Waals surface area contributed by atoms with E-state index >= 15 is 0 Å². The van der Waals surface area contributed by atoms with Crippen LogP contribution in [0.2, 0.25) is 0 Å². The Morgan fingerprint density at radius 3 is 3.15 bits per heavy atom. The molecule has 4 heteroatoms. The highest BCUT2D eigenvalue weighted by molar-refractivity contribution is 5.95. The van der Waals surface area contributed by atoms with Crippen LogP contribution in [0.1, 0.15) is 29.6 Å². The van der Waals surface area contributed by atoms with Gasteiger partial charge >= 0.3 is 0 Å². The monoisotopic (exact) mass is 274 g/mol. The number of benzene rings is 1. The van der Waals surface area contributed by atoms with Crippen LogP contribution >= 0.6 is 0 Å². The molecule has 20 heavy (non-hydrogen) atoms. The van der Waals surface area contributed by atoms with Crippen LogP contribution in [0.25, 0.3) is 0 Å². The number of aliphatic hydroxyl groups is 1. The number of carbonyl (C=O) groups excluding carboxylic acids is 1. The van der Waals surface area contributed by atoms with Crippen LogP contribution in [0.3, 0.4) is 0 Å². The molecule has 0 aliphatic carbocycles. The van der Waals surface area contributed by atoms with E-state index in [1.165, 1.54) is 0 Å². The molecule has 0 radical (unpaired) electrons. The molecule has 1 unspecified atom stereocenters. The highest BCUT2D eigenvalue weighted by Gasteiger charge is 2.22. The van der Waals surface area contributed by atoms with Crippen molar-refractivity contribution < 1.29 is 9.90 Å². The Morgan fingerprint density at radius 2 is 2.40 bits per heavy atom. The molecule has 1 fully saturated rings. The van der Waals surface area contributed by atoms with E-state index in [-0.39, 0.29) is 12.0 Å². The summed E-state index contributed by atoms with van der Waals surface area (Å²) >= 11 is 0. The van der Waals surface area contributed by atoms with Gasteiger partial charge in [-0.15, -0.1) is 6.58 Å². The Labute approximate surface area is 120 Å². The molecule has 1 aromatic carbocycles. The van der Waals surface area contributed by atoms with Gasteiger partial charge in [0.1, 0.15) is 0 Å². The molecular formula is C16H22N2O2. The number of nitrogens with zero attached hydrogens (tertiary/aromatic N) is 1. The zero-order valence-electron chi connectivity index (χ0n) is 11.7. The number of piperidine rings is 1. The van der Waals surface area contributed by atoms with Crippen LogP contribution in [0.4, 0.5) is 5.69 Å². The van der Waals surface area contributed by atoms with Crippen molar-refractivity contribution in [2.45, 2.75) is 25.4 Å². The molecule has 4 nitrogen and oxygen atoms in total. The molecule has 0 aromatic heterocycles. The van der Waals surface area contributed by atoms with Crippen molar-refractivity contribution >= 4 is 11.6 Å². The fraction of sp³-hybridized carbons (Fsp3) is 0.438. The summed E-state index contributed by atoms with van der Waals surface area (Å²) in [6.07, 6.45) is 4.01. The molecule has 1 saturated heterocycles. The molecule has 1 heterocycles. The van der Waals surface area contributed by atoms with Gasteiger partial charge in [-0.05, 0) is 37.5 Å². The lowest BCUT2D eigenvalue weighted by atomic mass is 10.1. The van der Waals surface area contributed by atoms with Crippen LogP contribution in [0.5, 0.6) is 0 Å². The standard InChI is InChI=1S/C16H22N2O2/c1-2-3-9-17-14-7-4-6-13(11-14)16(20)18-10-5-8-15(19)12-18/h2,4,6-7,11,15,17,19H,1,3,5,8-10,12H2. The second kappa shape index (κ2) is 7.10. The van der Waals surface area contributed by atoms with E-state index in [1.54, 1.807) is 4.90 Å². The SMILES string of the molecule is C=CCCNc1cccc(C(=O)N2CCCC(O)C2)c1. The van der Waals surface area contributed by atoms with E-state index in [2.05, 4.69) is 11.9 Å². The third kappa shape index (κ3) is 3.84. The zero-order chi connectivity index (χ0) is 14.4. The molecule has 1 amide bonds. The average molecular weight is 274 g/mol. The predicted octanol–water partition coefficient (Wildman–Crippen LogP) is 2.27. The molecule has 108 valence electrons. The highest BCUT2D eigenvalue weighted by Crippen LogP contribution is 2.16. The van der Waals surface area contributed by atoms with E-state index < -0.39 is 0 Å². The van der Waals surface area contributed by atoms with Gasteiger partial charge in [0, 0.05) is 30.9 Å². The second-order valence-corrected chi connectivity index (χ2v) is 5.13. The number of nitrogens with one attached hydrogen (secondary N) is 1. The fourth-order valence-electron chi connectivity index (χ4n) is 2.40. The topological polar surface area (TPSA) is 52.6 Å². The fourth-order valence-corrected chi connectivity index (χ4v) is 2.40. The number of hydrogen-bond acceptors (Lipinski definition) is 3. The molecule has 1 aromatic rings. The maximum atomic E-state index is 12.4. The maximum absolute atomic E-state index is 12.4. The molecule has 2 N–H and O–H groups in total. The Morgan fingerprint density at radius 1 is 1.55 bits per heavy atom. The van der Waals surface area contributed by atoms with E-state index in [9.17, 15) is 9.90 Å². The summed E-state index contributed by atoms with van der Waals surface area (Å²) in [6, 6.07) is 7.52. The first-order valence-electron chi connectivity index (χ1n) is 7.13. The Bertz CT molecular complexity index is 473. The summed E-state index contributed by atoms with van der Waals surface area (Å²) in [4.78, 5) is 14.1. The predicted molar refractivity (Wildman–Crippen MR) is 80.9 cm³/mol. The Balaban J connectivity index is 2.01. The van der Waals surface area contributed by atoms with Gasteiger partial charge in [-0.1, -0.05) is 12.1 Å². The molecule has 2 rings (SSSR count). The van der Waals surface area contributed by atoms with Gasteiger partial charge < -0.3 is 15.3 Å². The smallest absolute Gasteiger partial charge is 0.254 e. The lowest BCUT2D eigenvalue weighted by molar-refractivity contribution is 0.0474. The number of amides is 1. The van der Waals surface area contributed by atoms with E-state index in [0.717, 1.165) is 38.0 Å². The normalized spacial score (nSPS) is 18.6. The molecule has 0 spiro atoms. The summed E-state index contributed by atoms with van der Waals surface area (Å²) in [5.41, 5.74) is 1.61. The van der Waals surface area contributed by atoms with Crippen molar-refractivity contribution in [2.75, 3.05) is 25.0 Å². The van der Waals surface area contributed by atoms with Crippen LogP contribution in [-0.4, -0.2) is 41.7 Å². The van der Waals surface area contributed by atoms with Crippen molar-refractivity contribution in [3.63, 3.8) is 0 Å². The number of rotatable bonds is 5. The van der Waals surface area contributed by atoms with Gasteiger partial charge in [0.2, 0.25) is 0 Å². The summed E-state index contributed by atoms with van der Waals surface area (Å²) in [5, 5.41) is 12.9. The molecule has 1 aliphatic heterocycles. The first-order chi connectivity index (χ1) is 9.70. The van der Waals surface area contributed by atoms with Crippen LogP contribution in [0, 0.1) is 0 Å². The van der Waals surface area contributed by atoms with Crippen molar-refractivity contribution in [2.24, 2.45) is 0 Å². The van der Waals surface area contributed by atoms with E-state index in [4.69, 9.17) is 0 Å². The van der Waals surface area contributed by atoms with Gasteiger partial charge in [0.05, 0.1) is 6.10 Å². The lowest BCUT2D eigenvalue weighted by Gasteiger charge is -2.30. The number of aliphatic hydroxyl groups excluding tert-OH is 1. The van der Waals surface area contributed by atoms with Crippen LogP contribution in [-0.2, 0) is 0 Å². The molecule has 0 bridgehead atoms. The largest absolute Gasteiger partial charge is 0.391 e. The maximum Gasteiger partial charge on any atom is 0.254 e. The van der Waals surface area contributed by atoms with Gasteiger partial charge in [0.15, 0.2) is 0 Å². The van der Waals surface area contributed by atoms with Gasteiger partial charge in [-0.3, -0.25) is 4.79 Å². The summed E-state index contributed by atoms with van der Waals surface area (Å²) in [7, 11) is 0. The molecule has 1 atom stereocenters. The minimum Gasteiger partial charge on any atom is -0.391 e. The molecule has 1 aliphatic rings. The average Bonchev–Trinajstić information content (AvgIpc) is 2.47. The summed E-state index contributed by atoms with van der Waals surface area (Å²) < 4.78 is 0. The number of carbonyl (C=O) groups is 1. The van der Waals surface area contributed by atoms with E-state index in [0.29, 0.717) is 12.1 Å². The van der Waals surface area contributed by atoms with Gasteiger partial charge in [-0.2, -0.15) is 0 Å². The van der Waals surface area contributed by atoms with Gasteiger partial charge in [0.25, 0.3) is 5.91 Å². The van der Waals surface area contributed by atoms with Crippen LogP contribution < -0.4 is 5.32 Å². The first kappa shape index (κ1) is 14.6.